The normalized spacial score (nSPS) is 34.6. The zero-order chi connectivity index (χ0) is 22.5. The number of H-pyrrole nitrogens is 1. The van der Waals surface area contributed by atoms with Gasteiger partial charge in [0.2, 0.25) is 11.8 Å². The minimum atomic E-state index is -1.20. The fraction of sp³-hybridized carbons (Fsp3) is 0.429. The monoisotopic (exact) mass is 510 g/mol. The summed E-state index contributed by atoms with van der Waals surface area (Å²) in [7, 11) is 0. The third-order valence-corrected chi connectivity index (χ3v) is 10.8. The van der Waals surface area contributed by atoms with Crippen LogP contribution in [0.25, 0.3) is 0 Å². The van der Waals surface area contributed by atoms with E-state index in [1.807, 2.05) is 12.1 Å². The number of likely N-dealkylation sites (tertiary alicyclic amines) is 1. The summed E-state index contributed by atoms with van der Waals surface area (Å²) in [5, 5.41) is 10.8. The summed E-state index contributed by atoms with van der Waals surface area (Å²) >= 11 is 15.7. The summed E-state index contributed by atoms with van der Waals surface area (Å²) in [6.07, 6.45) is 0.726. The molecule has 2 saturated carbocycles. The minimum Gasteiger partial charge on any atom is -0.480 e. The van der Waals surface area contributed by atoms with Crippen molar-refractivity contribution in [1.82, 2.24) is 9.88 Å². The topological polar surface area (TPSA) is 108 Å². The van der Waals surface area contributed by atoms with Gasteiger partial charge in [-0.25, -0.2) is 0 Å². The van der Waals surface area contributed by atoms with Gasteiger partial charge < -0.3 is 10.1 Å². The predicted molar refractivity (Wildman–Crippen MR) is 119 cm³/mol. The molecule has 3 heterocycles. The third-order valence-electron chi connectivity index (χ3n) is 7.43. The number of carbonyl (C=O) groups is 3. The Kier molecular flexibility index (Phi) is 4.60. The summed E-state index contributed by atoms with van der Waals surface area (Å²) in [5.74, 6) is -3.38. The van der Waals surface area contributed by atoms with Crippen LogP contribution in [0.5, 0.6) is 0 Å². The molecule has 3 fully saturated rings. The van der Waals surface area contributed by atoms with E-state index in [0.29, 0.717) is 10.0 Å². The molecule has 2 aromatic rings. The first-order chi connectivity index (χ1) is 15.3. The Balaban J connectivity index is 1.48. The highest BCUT2D eigenvalue weighted by atomic mass is 35.5. The Bertz CT molecular complexity index is 1260. The van der Waals surface area contributed by atoms with Crippen LogP contribution in [-0.2, 0) is 14.4 Å². The number of carboxylic acids is 1. The molecule has 2 bridgehead atoms. The van der Waals surface area contributed by atoms with Gasteiger partial charge in [-0.3, -0.25) is 24.1 Å². The number of fused-ring (bicyclic) bond motifs is 9. The number of rotatable bonds is 3. The molecule has 0 unspecified atom stereocenters. The van der Waals surface area contributed by atoms with Gasteiger partial charge in [0.1, 0.15) is 6.54 Å². The molecule has 0 radical (unpaired) electrons. The number of thioether (sulfide) groups is 1. The van der Waals surface area contributed by atoms with Crippen LogP contribution in [0.4, 0.5) is 0 Å². The van der Waals surface area contributed by atoms with Crippen molar-refractivity contribution in [3.05, 3.63) is 48.4 Å². The van der Waals surface area contributed by atoms with E-state index in [9.17, 15) is 24.3 Å². The Morgan fingerprint density at radius 2 is 1.88 bits per heavy atom. The van der Waals surface area contributed by atoms with Crippen molar-refractivity contribution in [2.75, 3.05) is 6.54 Å². The van der Waals surface area contributed by atoms with E-state index < -0.39 is 24.3 Å². The summed E-state index contributed by atoms with van der Waals surface area (Å²) in [6, 6.07) is 5.44. The fourth-order valence-corrected chi connectivity index (χ4v) is 9.78. The van der Waals surface area contributed by atoms with Crippen molar-refractivity contribution in [2.24, 2.45) is 29.6 Å². The number of carboxylic acid groups (broad SMARTS) is 1. The maximum Gasteiger partial charge on any atom is 0.323 e. The standard InChI is InChI=1S/C21H16Cl2N2O5S2/c22-9-3-1-2-6(15(9)23)11-12-7-4-8(16(12)31-18-17(11)32-21(30)24-18)14-13(7)19(28)25(20(14)29)5-10(26)27/h1-3,7-8,11-14,16H,4-5H2,(H,24,30)(H,26,27)/t7-,8-,11-,12-,13+,14-,16+/m1/s1. The molecule has 4 aliphatic rings. The highest BCUT2D eigenvalue weighted by Crippen LogP contribution is 2.68. The predicted octanol–water partition coefficient (Wildman–Crippen LogP) is 3.30. The third kappa shape index (κ3) is 2.68. The molecule has 1 aromatic heterocycles. The Morgan fingerprint density at radius 1 is 1.16 bits per heavy atom. The molecular weight excluding hydrogens is 495 g/mol. The van der Waals surface area contributed by atoms with Crippen LogP contribution in [0.3, 0.4) is 0 Å². The minimum absolute atomic E-state index is 0.0114. The first-order valence-electron chi connectivity index (χ1n) is 10.2. The molecule has 0 spiro atoms. The van der Waals surface area contributed by atoms with Crippen molar-refractivity contribution in [3.63, 3.8) is 0 Å². The summed E-state index contributed by atoms with van der Waals surface area (Å²) < 4.78 is 0. The van der Waals surface area contributed by atoms with Crippen molar-refractivity contribution < 1.29 is 19.5 Å². The number of aromatic amines is 1. The van der Waals surface area contributed by atoms with Crippen LogP contribution in [0.15, 0.2) is 28.0 Å². The van der Waals surface area contributed by atoms with Gasteiger partial charge in [-0.15, -0.1) is 11.8 Å². The van der Waals surface area contributed by atoms with Crippen LogP contribution in [-0.4, -0.2) is 44.6 Å². The van der Waals surface area contributed by atoms with Crippen molar-refractivity contribution in [2.45, 2.75) is 22.6 Å². The quantitative estimate of drug-likeness (QED) is 0.613. The van der Waals surface area contributed by atoms with Crippen LogP contribution < -0.4 is 4.87 Å². The lowest BCUT2D eigenvalue weighted by Gasteiger charge is -2.43. The molecule has 2 aliphatic heterocycles. The van der Waals surface area contributed by atoms with Gasteiger partial charge >= 0.3 is 10.8 Å². The molecule has 11 heteroatoms. The summed E-state index contributed by atoms with van der Waals surface area (Å²) in [6.45, 7) is -0.600. The highest BCUT2D eigenvalue weighted by molar-refractivity contribution is 8.00. The van der Waals surface area contributed by atoms with Crippen LogP contribution in [0.1, 0.15) is 22.8 Å². The second-order valence-electron chi connectivity index (χ2n) is 8.76. The first-order valence-corrected chi connectivity index (χ1v) is 12.6. The molecule has 7 nitrogen and oxygen atoms in total. The number of hydrogen-bond acceptors (Lipinski definition) is 6. The van der Waals surface area contributed by atoms with Gasteiger partial charge in [0.05, 0.1) is 26.9 Å². The molecule has 2 aliphatic carbocycles. The lowest BCUT2D eigenvalue weighted by atomic mass is 9.68. The average Bonchev–Trinajstić information content (AvgIpc) is 3.46. The Hall–Kier alpha value is -1.81. The van der Waals surface area contributed by atoms with E-state index in [1.165, 1.54) is 0 Å². The van der Waals surface area contributed by atoms with Crippen molar-refractivity contribution >= 4 is 64.1 Å². The number of aromatic nitrogens is 1. The molecule has 6 rings (SSSR count). The number of carbonyl (C=O) groups excluding carboxylic acids is 2. The summed E-state index contributed by atoms with van der Waals surface area (Å²) in [5.41, 5.74) is 0.814. The van der Waals surface area contributed by atoms with Crippen molar-refractivity contribution in [1.29, 1.82) is 0 Å². The fourth-order valence-electron chi connectivity index (χ4n) is 6.48. The van der Waals surface area contributed by atoms with Crippen LogP contribution in [0, 0.1) is 29.6 Å². The SMILES string of the molecule is O=C(O)CN1C(=O)[C@@H]2[C@H]3C[C@@H]([C@@H]2C1=O)[C@@H]1[C@@H](c2cccc(Cl)c2Cl)c2sc(=O)[nH]c2S[C@@H]31. The first kappa shape index (κ1) is 20.8. The lowest BCUT2D eigenvalue weighted by Crippen LogP contribution is -2.42. The van der Waals surface area contributed by atoms with Gasteiger partial charge in [-0.1, -0.05) is 46.7 Å². The molecule has 2 N–H and O–H groups in total. The number of aliphatic carboxylic acids is 1. The number of amides is 2. The van der Waals surface area contributed by atoms with Crippen LogP contribution >= 0.6 is 46.3 Å². The number of nitrogens with zero attached hydrogens (tertiary/aromatic N) is 1. The Labute approximate surface area is 200 Å². The van der Waals surface area contributed by atoms with Gasteiger partial charge in [0.15, 0.2) is 0 Å². The molecule has 32 heavy (non-hydrogen) atoms. The number of hydrogen-bond donors (Lipinski definition) is 2. The second kappa shape index (κ2) is 7.09. The highest BCUT2D eigenvalue weighted by Gasteiger charge is 2.69. The lowest BCUT2D eigenvalue weighted by molar-refractivity contribution is -0.149. The maximum atomic E-state index is 13.1. The molecule has 1 aromatic carbocycles. The number of nitrogens with one attached hydrogen (secondary N) is 1. The zero-order valence-corrected chi connectivity index (χ0v) is 19.4. The van der Waals surface area contributed by atoms with Crippen molar-refractivity contribution in [3.8, 4) is 0 Å². The zero-order valence-electron chi connectivity index (χ0n) is 16.3. The number of imide groups is 1. The van der Waals surface area contributed by atoms with E-state index in [0.717, 1.165) is 38.1 Å². The smallest absolute Gasteiger partial charge is 0.323 e. The Morgan fingerprint density at radius 3 is 2.59 bits per heavy atom. The van der Waals surface area contributed by atoms with E-state index in [1.54, 1.807) is 17.8 Å². The summed E-state index contributed by atoms with van der Waals surface area (Å²) in [4.78, 5) is 54.2. The van der Waals surface area contributed by atoms with Gasteiger partial charge in [0, 0.05) is 16.0 Å². The number of halogens is 2. The van der Waals surface area contributed by atoms with E-state index in [4.69, 9.17) is 23.2 Å². The molecular formula is C21H16Cl2N2O5S2. The van der Waals surface area contributed by atoms with Gasteiger partial charge in [-0.05, 0) is 35.8 Å². The second-order valence-corrected chi connectivity index (χ2v) is 11.7. The molecule has 1 saturated heterocycles. The largest absolute Gasteiger partial charge is 0.480 e. The van der Waals surface area contributed by atoms with Gasteiger partial charge in [-0.2, -0.15) is 0 Å². The maximum absolute atomic E-state index is 13.1. The van der Waals surface area contributed by atoms with Gasteiger partial charge in [0.25, 0.3) is 0 Å². The number of benzene rings is 1. The number of thiazole rings is 1. The molecule has 2 amide bonds. The van der Waals surface area contributed by atoms with E-state index >= 15 is 0 Å². The molecule has 7 atom stereocenters. The molecule has 166 valence electrons. The van der Waals surface area contributed by atoms with E-state index in [-0.39, 0.29) is 45.6 Å². The average molecular weight is 511 g/mol. The van der Waals surface area contributed by atoms with E-state index in [2.05, 4.69) is 4.98 Å². The van der Waals surface area contributed by atoms with Crippen LogP contribution in [0.2, 0.25) is 10.0 Å².